The van der Waals surface area contributed by atoms with Crippen LogP contribution in [0.25, 0.3) is 0 Å². The van der Waals surface area contributed by atoms with Crippen molar-refractivity contribution in [3.05, 3.63) is 35.4 Å². The van der Waals surface area contributed by atoms with Crippen molar-refractivity contribution in [2.24, 2.45) is 0 Å². The zero-order chi connectivity index (χ0) is 63.5. The third-order valence-electron chi connectivity index (χ3n) is 18.4. The van der Waals surface area contributed by atoms with E-state index in [9.17, 15) is 28.8 Å². The molecule has 0 aromatic heterocycles. The largest absolute Gasteiger partial charge is 0.464 e. The molecule has 0 aliphatic carbocycles. The fraction of sp³-hybridized carbons (Fsp3) is 0.833. The van der Waals surface area contributed by atoms with Crippen LogP contribution >= 0.6 is 0 Å². The molecular weight excluding hydrogens is 1080 g/mol. The molecule has 1 aromatic rings. The smallest absolute Gasteiger partial charge is 0.331 e. The third kappa shape index (κ3) is 27.0. The van der Waals surface area contributed by atoms with Crippen molar-refractivity contribution in [3.8, 4) is 0 Å². The Morgan fingerprint density at radius 1 is 0.360 bits per heavy atom. The molecule has 2 aliphatic rings. The second-order valence-corrected chi connectivity index (χ2v) is 28.2. The van der Waals surface area contributed by atoms with Crippen LogP contribution in [0.15, 0.2) is 24.3 Å². The van der Waals surface area contributed by atoms with Crippen molar-refractivity contribution in [2.75, 3.05) is 39.5 Å². The Morgan fingerprint density at radius 2 is 0.593 bits per heavy atom. The van der Waals surface area contributed by atoms with Gasteiger partial charge in [-0.1, -0.05) is 194 Å². The molecule has 2 amide bonds. The number of hydrogen-bond acceptors (Lipinski definition) is 12. The topological polar surface area (TPSA) is 170 Å². The SMILES string of the molecule is CCCCCCCCCCCCCCCCCC(=O)OCCN1C(C)(C)CC(NC(=O)c2ccc(C(=O)NC3(C(=O)OCC)CC(C)(C)N(CCOC(=O)CCCCCCCCCCCCCCCCC)C(C)(C)C3)cc2)(C(=O)OCC)CC1(C)C. The first-order valence-corrected chi connectivity index (χ1v) is 34.9. The lowest BCUT2D eigenvalue weighted by Crippen LogP contribution is -2.72. The Bertz CT molecular complexity index is 1940. The van der Waals surface area contributed by atoms with Gasteiger partial charge in [-0.2, -0.15) is 0 Å². The number of unbranched alkanes of at least 4 members (excludes halogenated alkanes) is 28. The predicted octanol–water partition coefficient (Wildman–Crippen LogP) is 16.7. The molecule has 0 atom stereocenters. The van der Waals surface area contributed by atoms with E-state index in [1.54, 1.807) is 38.1 Å². The van der Waals surface area contributed by atoms with Crippen molar-refractivity contribution < 1.29 is 47.7 Å². The van der Waals surface area contributed by atoms with Crippen LogP contribution in [-0.2, 0) is 38.1 Å². The number of likely N-dealkylation sites (tertiary alicyclic amines) is 2. The summed E-state index contributed by atoms with van der Waals surface area (Å²) >= 11 is 0. The first kappa shape index (κ1) is 76.2. The molecule has 0 radical (unpaired) electrons. The van der Waals surface area contributed by atoms with Crippen LogP contribution in [0.3, 0.4) is 0 Å². The zero-order valence-electron chi connectivity index (χ0n) is 57.0. The molecule has 2 heterocycles. The molecule has 2 saturated heterocycles. The van der Waals surface area contributed by atoms with Crippen LogP contribution in [-0.4, -0.2) is 118 Å². The van der Waals surface area contributed by atoms with E-state index >= 15 is 0 Å². The fourth-order valence-electron chi connectivity index (χ4n) is 14.7. The number of benzene rings is 1. The predicted molar refractivity (Wildman–Crippen MR) is 349 cm³/mol. The molecule has 0 bridgehead atoms. The maximum atomic E-state index is 14.3. The van der Waals surface area contributed by atoms with Gasteiger partial charge in [0.25, 0.3) is 11.8 Å². The van der Waals surface area contributed by atoms with Gasteiger partial charge >= 0.3 is 23.9 Å². The molecular formula is C72H126N4O10. The number of nitrogens with one attached hydrogen (secondary N) is 2. The second kappa shape index (κ2) is 39.9. The van der Waals surface area contributed by atoms with Crippen molar-refractivity contribution in [2.45, 2.75) is 347 Å². The summed E-state index contributed by atoms with van der Waals surface area (Å²) in [4.78, 5) is 87.0. The summed E-state index contributed by atoms with van der Waals surface area (Å²) < 4.78 is 22.9. The monoisotopic (exact) mass is 1210 g/mol. The highest BCUT2D eigenvalue weighted by Gasteiger charge is 2.59. The number of nitrogens with zero attached hydrogens (tertiary/aromatic N) is 2. The van der Waals surface area contributed by atoms with Crippen LogP contribution in [0, 0.1) is 0 Å². The number of hydrogen-bond donors (Lipinski definition) is 2. The third-order valence-corrected chi connectivity index (χ3v) is 18.4. The number of rotatable bonds is 46. The van der Waals surface area contributed by atoms with Crippen molar-refractivity contribution >= 4 is 35.7 Å². The van der Waals surface area contributed by atoms with E-state index in [-0.39, 0.29) is 75.2 Å². The lowest BCUT2D eigenvalue weighted by Gasteiger charge is -2.58. The number of ether oxygens (including phenoxy) is 4. The number of piperidine rings is 2. The molecule has 0 spiro atoms. The minimum absolute atomic E-state index is 0.134. The normalized spacial score (nSPS) is 17.5. The number of esters is 4. The van der Waals surface area contributed by atoms with Crippen LogP contribution in [0.2, 0.25) is 0 Å². The van der Waals surface area contributed by atoms with Gasteiger partial charge in [0, 0.05) is 59.2 Å². The lowest BCUT2D eigenvalue weighted by atomic mass is 9.68. The number of carbonyl (C=O) groups is 6. The minimum atomic E-state index is -1.38. The Morgan fingerprint density at radius 3 is 0.826 bits per heavy atom. The number of amides is 2. The maximum Gasteiger partial charge on any atom is 0.331 e. The average Bonchev–Trinajstić information content (AvgIpc) is 0.815. The molecule has 86 heavy (non-hydrogen) atoms. The van der Waals surface area contributed by atoms with Gasteiger partial charge in [0.05, 0.1) is 13.2 Å². The van der Waals surface area contributed by atoms with Crippen molar-refractivity contribution in [3.63, 3.8) is 0 Å². The van der Waals surface area contributed by atoms with E-state index in [0.29, 0.717) is 25.9 Å². The van der Waals surface area contributed by atoms with Crippen LogP contribution in [0.1, 0.15) is 335 Å². The van der Waals surface area contributed by atoms with E-state index in [2.05, 4.69) is 34.3 Å². The summed E-state index contributed by atoms with van der Waals surface area (Å²) in [5, 5.41) is 6.20. The van der Waals surface area contributed by atoms with Crippen molar-refractivity contribution in [1.29, 1.82) is 0 Å². The standard InChI is InChI=1S/C72H126N4O10/c1-13-17-19-21-23-25-27-29-31-33-35-37-39-41-43-45-61(77)85-53-51-75-67(5,6)55-71(56-68(75,7)8,65(81)83-15-3)73-63(79)59-47-49-60(50-48-59)64(80)74-72(66(82)84-16-4)57-69(9,10)76(70(11,12)58-72)52-54-86-62(78)46-44-42-40-38-36-34-32-30-28-26-24-22-20-18-14-2/h47-50H,13-46,51-58H2,1-12H3,(H,73,79)(H,74,80). The minimum Gasteiger partial charge on any atom is -0.464 e. The highest BCUT2D eigenvalue weighted by Crippen LogP contribution is 2.46. The molecule has 14 nitrogen and oxygen atoms in total. The fourth-order valence-corrected chi connectivity index (χ4v) is 14.7. The summed E-state index contributed by atoms with van der Waals surface area (Å²) in [7, 11) is 0. The summed E-state index contributed by atoms with van der Waals surface area (Å²) in [5.41, 5.74) is -4.79. The lowest BCUT2D eigenvalue weighted by molar-refractivity contribution is -0.163. The molecule has 1 aromatic carbocycles. The first-order chi connectivity index (χ1) is 40.9. The molecule has 14 heteroatoms. The zero-order valence-corrected chi connectivity index (χ0v) is 57.0. The average molecular weight is 1210 g/mol. The molecule has 2 N–H and O–H groups in total. The van der Waals surface area contributed by atoms with Gasteiger partial charge in [0.15, 0.2) is 0 Å². The summed E-state index contributed by atoms with van der Waals surface area (Å²) in [6, 6.07) is 6.21. The van der Waals surface area contributed by atoms with E-state index < -0.39 is 57.0 Å². The van der Waals surface area contributed by atoms with Gasteiger partial charge in [-0.25, -0.2) is 9.59 Å². The Kier molecular flexibility index (Phi) is 35.3. The highest BCUT2D eigenvalue weighted by molar-refractivity contribution is 6.01. The molecule has 2 fully saturated rings. The van der Waals surface area contributed by atoms with E-state index in [1.165, 1.54) is 154 Å². The van der Waals surface area contributed by atoms with E-state index in [0.717, 1.165) is 38.5 Å². The summed E-state index contributed by atoms with van der Waals surface area (Å²) in [6.07, 6.45) is 39.8. The van der Waals surface area contributed by atoms with Crippen LogP contribution in [0.5, 0.6) is 0 Å². The van der Waals surface area contributed by atoms with E-state index in [1.807, 2.05) is 55.4 Å². The highest BCUT2D eigenvalue weighted by atomic mass is 16.5. The van der Waals surface area contributed by atoms with Gasteiger partial charge in [0.1, 0.15) is 24.3 Å². The molecule has 0 unspecified atom stereocenters. The molecule has 2 aliphatic heterocycles. The molecule has 3 rings (SSSR count). The van der Waals surface area contributed by atoms with Gasteiger partial charge in [-0.3, -0.25) is 29.0 Å². The van der Waals surface area contributed by atoms with Gasteiger partial charge < -0.3 is 29.6 Å². The Balaban J connectivity index is 1.52. The Hall–Kier alpha value is -4.04. The second-order valence-electron chi connectivity index (χ2n) is 28.2. The van der Waals surface area contributed by atoms with Crippen LogP contribution < -0.4 is 10.6 Å². The molecule has 494 valence electrons. The van der Waals surface area contributed by atoms with Crippen molar-refractivity contribution in [1.82, 2.24) is 20.4 Å². The summed E-state index contributed by atoms with van der Waals surface area (Å²) in [5.74, 6) is -2.41. The van der Waals surface area contributed by atoms with E-state index in [4.69, 9.17) is 18.9 Å². The van der Waals surface area contributed by atoms with Gasteiger partial charge in [-0.15, -0.1) is 0 Å². The Labute approximate surface area is 524 Å². The van der Waals surface area contributed by atoms with Crippen LogP contribution in [0.4, 0.5) is 0 Å². The number of carbonyl (C=O) groups excluding carboxylic acids is 6. The van der Waals surface area contributed by atoms with Gasteiger partial charge in [0.2, 0.25) is 0 Å². The summed E-state index contributed by atoms with van der Waals surface area (Å²) in [6.45, 7) is 25.9. The first-order valence-electron chi connectivity index (χ1n) is 34.9. The quantitative estimate of drug-likeness (QED) is 0.0360. The van der Waals surface area contributed by atoms with Gasteiger partial charge in [-0.05, 0) is 132 Å². The molecule has 0 saturated carbocycles. The maximum absolute atomic E-state index is 14.3.